The van der Waals surface area contributed by atoms with Crippen molar-refractivity contribution in [2.24, 2.45) is 0 Å². The number of anilines is 2. The number of hydrogen-bond acceptors (Lipinski definition) is 7. The zero-order valence-electron chi connectivity index (χ0n) is 15.0. The minimum absolute atomic E-state index is 0.198. The molecule has 0 amide bonds. The Kier molecular flexibility index (Phi) is 5.62. The van der Waals surface area contributed by atoms with Gasteiger partial charge in [0.05, 0.1) is 12.3 Å². The zero-order valence-corrected chi connectivity index (χ0v) is 15.0. The Morgan fingerprint density at radius 3 is 3.00 bits per heavy atom. The highest BCUT2D eigenvalue weighted by Crippen LogP contribution is 2.24. The van der Waals surface area contributed by atoms with Crippen LogP contribution in [0.5, 0.6) is 0 Å². The lowest BCUT2D eigenvalue weighted by Gasteiger charge is -2.21. The zero-order chi connectivity index (χ0) is 18.5. The summed E-state index contributed by atoms with van der Waals surface area (Å²) in [5.41, 5.74) is 1.97. The number of aryl methyl sites for hydroxylation is 1. The topological polar surface area (TPSA) is 100 Å². The summed E-state index contributed by atoms with van der Waals surface area (Å²) in [6, 6.07) is 5.24. The van der Waals surface area contributed by atoms with Crippen molar-refractivity contribution in [2.45, 2.75) is 19.3 Å². The van der Waals surface area contributed by atoms with Gasteiger partial charge in [0.2, 0.25) is 0 Å². The van der Waals surface area contributed by atoms with E-state index in [0.29, 0.717) is 31.4 Å². The first-order valence-electron chi connectivity index (χ1n) is 8.60. The van der Waals surface area contributed by atoms with Gasteiger partial charge in [-0.3, -0.25) is 0 Å². The molecule has 1 unspecified atom stereocenters. The van der Waals surface area contributed by atoms with Gasteiger partial charge in [-0.15, -0.1) is 0 Å². The standard InChI is InChI=1S/C18H23N5O3/c1-12-3-4-14(18(24)25)17(22-12)23(2)7-6-19-16-9-15(20-11-21-16)13-5-8-26-10-13/h3-4,9,11,13H,5-8,10H2,1-2H3,(H,24,25)(H,19,20,21). The highest BCUT2D eigenvalue weighted by Gasteiger charge is 2.19. The molecular formula is C18H23N5O3. The van der Waals surface area contributed by atoms with Crippen LogP contribution in [-0.4, -0.2) is 59.4 Å². The predicted octanol–water partition coefficient (Wildman–Crippen LogP) is 1.93. The first-order chi connectivity index (χ1) is 12.5. The summed E-state index contributed by atoms with van der Waals surface area (Å²) in [6.07, 6.45) is 2.54. The van der Waals surface area contributed by atoms with Crippen LogP contribution in [-0.2, 0) is 4.74 Å². The normalized spacial score (nSPS) is 16.5. The van der Waals surface area contributed by atoms with Gasteiger partial charge in [-0.1, -0.05) is 0 Å². The minimum atomic E-state index is -0.980. The second kappa shape index (κ2) is 8.09. The average molecular weight is 357 g/mol. The lowest BCUT2D eigenvalue weighted by atomic mass is 10.1. The largest absolute Gasteiger partial charge is 0.478 e. The van der Waals surface area contributed by atoms with E-state index in [4.69, 9.17) is 4.74 Å². The van der Waals surface area contributed by atoms with E-state index in [9.17, 15) is 9.90 Å². The van der Waals surface area contributed by atoms with Crippen LogP contribution in [0.2, 0.25) is 0 Å². The van der Waals surface area contributed by atoms with Gasteiger partial charge in [-0.2, -0.15) is 0 Å². The van der Waals surface area contributed by atoms with E-state index in [1.54, 1.807) is 18.5 Å². The summed E-state index contributed by atoms with van der Waals surface area (Å²) in [5, 5.41) is 12.6. The number of nitrogens with zero attached hydrogens (tertiary/aromatic N) is 4. The predicted molar refractivity (Wildman–Crippen MR) is 97.9 cm³/mol. The molecule has 1 aliphatic rings. The molecule has 1 fully saturated rings. The maximum absolute atomic E-state index is 11.4. The molecule has 138 valence electrons. The molecule has 0 aliphatic carbocycles. The van der Waals surface area contributed by atoms with Gasteiger partial charge < -0.3 is 20.1 Å². The van der Waals surface area contributed by atoms with Gasteiger partial charge in [-0.25, -0.2) is 19.7 Å². The number of carboxylic acids is 1. The van der Waals surface area contributed by atoms with E-state index in [-0.39, 0.29) is 5.56 Å². The molecule has 2 aromatic heterocycles. The molecule has 3 heterocycles. The Morgan fingerprint density at radius 1 is 1.42 bits per heavy atom. The van der Waals surface area contributed by atoms with Gasteiger partial charge in [0.25, 0.3) is 0 Å². The van der Waals surface area contributed by atoms with E-state index >= 15 is 0 Å². The summed E-state index contributed by atoms with van der Waals surface area (Å²) in [7, 11) is 1.83. The number of carbonyl (C=O) groups is 1. The molecule has 0 aromatic carbocycles. The Labute approximate surface area is 152 Å². The molecule has 0 bridgehead atoms. The van der Waals surface area contributed by atoms with Crippen LogP contribution in [0.4, 0.5) is 11.6 Å². The molecule has 1 atom stereocenters. The molecule has 26 heavy (non-hydrogen) atoms. The number of ether oxygens (including phenoxy) is 1. The maximum Gasteiger partial charge on any atom is 0.339 e. The van der Waals surface area contributed by atoms with Crippen LogP contribution < -0.4 is 10.2 Å². The molecule has 3 rings (SSSR count). The number of nitrogens with one attached hydrogen (secondary N) is 1. The first-order valence-corrected chi connectivity index (χ1v) is 8.60. The fourth-order valence-electron chi connectivity index (χ4n) is 2.92. The van der Waals surface area contributed by atoms with E-state index in [1.807, 2.05) is 24.9 Å². The van der Waals surface area contributed by atoms with Crippen LogP contribution in [0, 0.1) is 6.92 Å². The van der Waals surface area contributed by atoms with Crippen molar-refractivity contribution in [1.82, 2.24) is 15.0 Å². The van der Waals surface area contributed by atoms with Gasteiger partial charge in [0, 0.05) is 44.4 Å². The van der Waals surface area contributed by atoms with Crippen LogP contribution in [0.1, 0.15) is 34.1 Å². The Bertz CT molecular complexity index is 777. The second-order valence-electron chi connectivity index (χ2n) is 6.37. The highest BCUT2D eigenvalue weighted by molar-refractivity contribution is 5.93. The smallest absolute Gasteiger partial charge is 0.339 e. The molecular weight excluding hydrogens is 334 g/mol. The fourth-order valence-corrected chi connectivity index (χ4v) is 2.92. The van der Waals surface area contributed by atoms with Crippen molar-refractivity contribution in [3.05, 3.63) is 41.5 Å². The number of pyridine rings is 1. The molecule has 0 radical (unpaired) electrons. The van der Waals surface area contributed by atoms with Crippen molar-refractivity contribution in [3.63, 3.8) is 0 Å². The Hall–Kier alpha value is -2.74. The van der Waals surface area contributed by atoms with Crippen LogP contribution in [0.25, 0.3) is 0 Å². The number of rotatable bonds is 7. The molecule has 1 saturated heterocycles. The number of carboxylic acid groups (broad SMARTS) is 1. The van der Waals surface area contributed by atoms with Crippen molar-refractivity contribution < 1.29 is 14.6 Å². The molecule has 2 N–H and O–H groups in total. The lowest BCUT2D eigenvalue weighted by molar-refractivity contribution is 0.0697. The second-order valence-corrected chi connectivity index (χ2v) is 6.37. The van der Waals surface area contributed by atoms with Crippen LogP contribution in [0.3, 0.4) is 0 Å². The molecule has 8 nitrogen and oxygen atoms in total. The average Bonchev–Trinajstić information content (AvgIpc) is 3.16. The summed E-state index contributed by atoms with van der Waals surface area (Å²) < 4.78 is 5.41. The quantitative estimate of drug-likeness (QED) is 0.775. The van der Waals surface area contributed by atoms with E-state index in [1.165, 1.54) is 0 Å². The van der Waals surface area contributed by atoms with Crippen LogP contribution in [0.15, 0.2) is 24.5 Å². The molecule has 2 aromatic rings. The number of hydrogen-bond donors (Lipinski definition) is 2. The SMILES string of the molecule is Cc1ccc(C(=O)O)c(N(C)CCNc2cc(C3CCOC3)ncn2)n1. The summed E-state index contributed by atoms with van der Waals surface area (Å²) >= 11 is 0. The van der Waals surface area contributed by atoms with Gasteiger partial charge in [0.1, 0.15) is 23.5 Å². The third kappa shape index (κ3) is 4.26. The van der Waals surface area contributed by atoms with E-state index in [0.717, 1.165) is 30.2 Å². The Morgan fingerprint density at radius 2 is 2.27 bits per heavy atom. The van der Waals surface area contributed by atoms with Crippen molar-refractivity contribution >= 4 is 17.6 Å². The fraction of sp³-hybridized carbons (Fsp3) is 0.444. The first kappa shape index (κ1) is 18.1. The molecule has 1 aliphatic heterocycles. The summed E-state index contributed by atoms with van der Waals surface area (Å²) in [6.45, 7) is 4.51. The summed E-state index contributed by atoms with van der Waals surface area (Å²) in [4.78, 5) is 26.2. The number of likely N-dealkylation sites (N-methyl/N-ethyl adjacent to an activating group) is 1. The molecule has 0 saturated carbocycles. The van der Waals surface area contributed by atoms with Crippen molar-refractivity contribution in [3.8, 4) is 0 Å². The number of aromatic carboxylic acids is 1. The summed E-state index contributed by atoms with van der Waals surface area (Å²) in [5.74, 6) is 0.569. The van der Waals surface area contributed by atoms with Crippen LogP contribution >= 0.6 is 0 Å². The van der Waals surface area contributed by atoms with E-state index < -0.39 is 5.97 Å². The third-order valence-electron chi connectivity index (χ3n) is 4.40. The monoisotopic (exact) mass is 357 g/mol. The van der Waals surface area contributed by atoms with Gasteiger partial charge in [-0.05, 0) is 25.5 Å². The Balaban J connectivity index is 1.60. The number of aromatic nitrogens is 3. The minimum Gasteiger partial charge on any atom is -0.478 e. The van der Waals surface area contributed by atoms with Gasteiger partial charge >= 0.3 is 5.97 Å². The highest BCUT2D eigenvalue weighted by atomic mass is 16.5. The van der Waals surface area contributed by atoms with Crippen molar-refractivity contribution in [2.75, 3.05) is 43.6 Å². The molecule has 0 spiro atoms. The molecule has 8 heteroatoms. The maximum atomic E-state index is 11.4. The van der Waals surface area contributed by atoms with E-state index in [2.05, 4.69) is 20.3 Å². The lowest BCUT2D eigenvalue weighted by Crippen LogP contribution is -2.27. The van der Waals surface area contributed by atoms with Crippen molar-refractivity contribution in [1.29, 1.82) is 0 Å². The van der Waals surface area contributed by atoms with Gasteiger partial charge in [0.15, 0.2) is 0 Å². The third-order valence-corrected chi connectivity index (χ3v) is 4.40.